The van der Waals surface area contributed by atoms with Gasteiger partial charge in [0.1, 0.15) is 0 Å². The Kier molecular flexibility index (Phi) is 2.49. The molecule has 0 radical (unpaired) electrons. The Balaban J connectivity index is 1.93. The van der Waals surface area contributed by atoms with Crippen molar-refractivity contribution in [2.24, 2.45) is 7.05 Å². The molecular weight excluding hydrogens is 242 g/mol. The zero-order chi connectivity index (χ0) is 13.4. The van der Waals surface area contributed by atoms with Crippen LogP contribution in [0.4, 0.5) is 11.4 Å². The van der Waals surface area contributed by atoms with Crippen LogP contribution < -0.4 is 11.1 Å². The fraction of sp³-hybridized carbons (Fsp3) is 0.0769. The molecule has 1 amide bonds. The molecule has 0 aliphatic carbocycles. The number of nitrogens with two attached hydrogens (primary N) is 1. The maximum Gasteiger partial charge on any atom is 0.257 e. The number of carbonyl (C=O) groups excluding carboxylic acids is 1. The van der Waals surface area contributed by atoms with Gasteiger partial charge in [-0.15, -0.1) is 0 Å². The van der Waals surface area contributed by atoms with Crippen LogP contribution in [-0.4, -0.2) is 20.7 Å². The molecule has 0 spiro atoms. The van der Waals surface area contributed by atoms with Gasteiger partial charge in [-0.1, -0.05) is 0 Å². The molecule has 3 aromatic rings. The van der Waals surface area contributed by atoms with Crippen LogP contribution in [0.25, 0.3) is 10.9 Å². The van der Waals surface area contributed by atoms with E-state index in [1.165, 1.54) is 0 Å². The number of hydrogen-bond donors (Lipinski definition) is 3. The number of amides is 1. The maximum absolute atomic E-state index is 12.2. The summed E-state index contributed by atoms with van der Waals surface area (Å²) in [7, 11) is 1.80. The van der Waals surface area contributed by atoms with E-state index in [0.29, 0.717) is 16.9 Å². The number of aromatic amines is 1. The Morgan fingerprint density at radius 2 is 2.32 bits per heavy atom. The molecule has 0 fully saturated rings. The zero-order valence-electron chi connectivity index (χ0n) is 10.3. The van der Waals surface area contributed by atoms with E-state index < -0.39 is 0 Å². The topological polar surface area (TPSA) is 88.7 Å². The molecule has 6 heteroatoms. The van der Waals surface area contributed by atoms with Gasteiger partial charge in [-0.25, -0.2) is 0 Å². The van der Waals surface area contributed by atoms with Gasteiger partial charge >= 0.3 is 0 Å². The second-order valence-electron chi connectivity index (χ2n) is 4.36. The van der Waals surface area contributed by atoms with E-state index in [2.05, 4.69) is 15.4 Å². The lowest BCUT2D eigenvalue weighted by Gasteiger charge is -2.01. The number of carbonyl (C=O) groups is 1. The normalized spacial score (nSPS) is 10.8. The number of hydrogen-bond acceptors (Lipinski definition) is 3. The van der Waals surface area contributed by atoms with Gasteiger partial charge in [0.2, 0.25) is 0 Å². The largest absolute Gasteiger partial charge is 0.399 e. The zero-order valence-corrected chi connectivity index (χ0v) is 10.3. The Hall–Kier alpha value is -2.76. The van der Waals surface area contributed by atoms with Gasteiger partial charge in [0.15, 0.2) is 0 Å². The molecule has 19 heavy (non-hydrogen) atoms. The first-order valence-electron chi connectivity index (χ1n) is 5.80. The first kappa shape index (κ1) is 11.3. The summed E-state index contributed by atoms with van der Waals surface area (Å²) in [4.78, 5) is 15.2. The van der Waals surface area contributed by atoms with Crippen LogP contribution in [0.1, 0.15) is 10.4 Å². The molecule has 0 unspecified atom stereocenters. The fourth-order valence-corrected chi connectivity index (χ4v) is 2.02. The summed E-state index contributed by atoms with van der Waals surface area (Å²) in [5.41, 5.74) is 8.45. The highest BCUT2D eigenvalue weighted by molar-refractivity contribution is 6.13. The highest BCUT2D eigenvalue weighted by Crippen LogP contribution is 2.21. The molecule has 2 heterocycles. The van der Waals surface area contributed by atoms with Crippen LogP contribution >= 0.6 is 0 Å². The van der Waals surface area contributed by atoms with Crippen LogP contribution in [0.2, 0.25) is 0 Å². The average molecular weight is 255 g/mol. The molecule has 0 bridgehead atoms. The van der Waals surface area contributed by atoms with E-state index >= 15 is 0 Å². The molecule has 0 atom stereocenters. The van der Waals surface area contributed by atoms with Crippen molar-refractivity contribution in [3.8, 4) is 0 Å². The first-order valence-corrected chi connectivity index (χ1v) is 5.80. The first-order chi connectivity index (χ1) is 9.13. The van der Waals surface area contributed by atoms with Crippen LogP contribution in [-0.2, 0) is 7.05 Å². The number of aromatic nitrogens is 3. The van der Waals surface area contributed by atoms with Crippen molar-refractivity contribution in [2.45, 2.75) is 0 Å². The molecular formula is C13H13N5O. The standard InChI is InChI=1S/C13H13N5O/c1-18-7-9(5-16-18)17-13(19)11-6-15-12-4-8(14)2-3-10(11)12/h2-7,15H,14H2,1H3,(H,17,19). The molecule has 0 aliphatic rings. The van der Waals surface area contributed by atoms with Crippen molar-refractivity contribution < 1.29 is 4.79 Å². The fourth-order valence-electron chi connectivity index (χ4n) is 2.02. The minimum atomic E-state index is -0.177. The van der Waals surface area contributed by atoms with Gasteiger partial charge in [0.25, 0.3) is 5.91 Å². The predicted octanol–water partition coefficient (Wildman–Crippen LogP) is 1.74. The average Bonchev–Trinajstić information content (AvgIpc) is 2.95. The number of anilines is 2. The second kappa shape index (κ2) is 4.16. The van der Waals surface area contributed by atoms with Gasteiger partial charge in [-0.2, -0.15) is 5.10 Å². The molecule has 4 N–H and O–H groups in total. The lowest BCUT2D eigenvalue weighted by molar-refractivity contribution is 0.102. The van der Waals surface area contributed by atoms with Gasteiger partial charge in [0.05, 0.1) is 17.4 Å². The SMILES string of the molecule is Cn1cc(NC(=O)c2c[nH]c3cc(N)ccc23)cn1. The van der Waals surface area contributed by atoms with Crippen molar-refractivity contribution in [3.63, 3.8) is 0 Å². The smallest absolute Gasteiger partial charge is 0.257 e. The Morgan fingerprint density at radius 3 is 3.05 bits per heavy atom. The number of aryl methyl sites for hydroxylation is 1. The van der Waals surface area contributed by atoms with E-state index in [0.717, 1.165) is 10.9 Å². The maximum atomic E-state index is 12.2. The minimum absolute atomic E-state index is 0.177. The Morgan fingerprint density at radius 1 is 1.47 bits per heavy atom. The third-order valence-corrected chi connectivity index (χ3v) is 2.91. The Labute approximate surface area is 109 Å². The van der Waals surface area contributed by atoms with Gasteiger partial charge in [-0.3, -0.25) is 9.48 Å². The third-order valence-electron chi connectivity index (χ3n) is 2.91. The lowest BCUT2D eigenvalue weighted by Crippen LogP contribution is -2.10. The molecule has 96 valence electrons. The number of fused-ring (bicyclic) bond motifs is 1. The molecule has 0 aliphatic heterocycles. The summed E-state index contributed by atoms with van der Waals surface area (Å²) in [5.74, 6) is -0.177. The van der Waals surface area contributed by atoms with E-state index in [4.69, 9.17) is 5.73 Å². The minimum Gasteiger partial charge on any atom is -0.399 e. The molecule has 0 saturated carbocycles. The molecule has 2 aromatic heterocycles. The number of nitrogen functional groups attached to an aromatic ring is 1. The molecule has 0 saturated heterocycles. The molecule has 1 aromatic carbocycles. The van der Waals surface area contributed by atoms with Crippen LogP contribution in [0.15, 0.2) is 36.8 Å². The van der Waals surface area contributed by atoms with Crippen molar-refractivity contribution in [1.82, 2.24) is 14.8 Å². The number of H-pyrrole nitrogens is 1. The van der Waals surface area contributed by atoms with Gasteiger partial charge < -0.3 is 16.0 Å². The highest BCUT2D eigenvalue weighted by atomic mass is 16.1. The van der Waals surface area contributed by atoms with Crippen LogP contribution in [0.3, 0.4) is 0 Å². The van der Waals surface area contributed by atoms with Crippen LogP contribution in [0, 0.1) is 0 Å². The summed E-state index contributed by atoms with van der Waals surface area (Å²) >= 11 is 0. The third kappa shape index (κ3) is 2.03. The number of benzene rings is 1. The number of nitrogens with zero attached hydrogens (tertiary/aromatic N) is 2. The highest BCUT2D eigenvalue weighted by Gasteiger charge is 2.12. The summed E-state index contributed by atoms with van der Waals surface area (Å²) in [5, 5.41) is 7.64. The van der Waals surface area contributed by atoms with E-state index in [-0.39, 0.29) is 5.91 Å². The van der Waals surface area contributed by atoms with E-state index in [9.17, 15) is 4.79 Å². The number of rotatable bonds is 2. The van der Waals surface area contributed by atoms with Gasteiger partial charge in [-0.05, 0) is 18.2 Å². The van der Waals surface area contributed by atoms with Crippen molar-refractivity contribution in [1.29, 1.82) is 0 Å². The Bertz CT molecular complexity index is 755. The van der Waals surface area contributed by atoms with Crippen LogP contribution in [0.5, 0.6) is 0 Å². The van der Waals surface area contributed by atoms with E-state index in [1.54, 1.807) is 42.5 Å². The predicted molar refractivity (Wildman–Crippen MR) is 73.9 cm³/mol. The number of nitrogens with one attached hydrogen (secondary N) is 2. The summed E-state index contributed by atoms with van der Waals surface area (Å²) in [6.07, 6.45) is 5.02. The monoisotopic (exact) mass is 255 g/mol. The van der Waals surface area contributed by atoms with E-state index in [1.807, 2.05) is 6.07 Å². The van der Waals surface area contributed by atoms with Crippen molar-refractivity contribution in [2.75, 3.05) is 11.1 Å². The van der Waals surface area contributed by atoms with Crippen molar-refractivity contribution in [3.05, 3.63) is 42.4 Å². The second-order valence-corrected chi connectivity index (χ2v) is 4.36. The van der Waals surface area contributed by atoms with Crippen molar-refractivity contribution >= 4 is 28.2 Å². The summed E-state index contributed by atoms with van der Waals surface area (Å²) in [6.45, 7) is 0. The summed E-state index contributed by atoms with van der Waals surface area (Å²) < 4.78 is 1.63. The van der Waals surface area contributed by atoms with Gasteiger partial charge in [0, 0.05) is 36.0 Å². The quantitative estimate of drug-likeness (QED) is 0.609. The lowest BCUT2D eigenvalue weighted by atomic mass is 10.1. The molecule has 3 rings (SSSR count). The molecule has 6 nitrogen and oxygen atoms in total. The summed E-state index contributed by atoms with van der Waals surface area (Å²) in [6, 6.07) is 5.41.